The second-order valence-electron chi connectivity index (χ2n) is 6.04. The van der Waals surface area contributed by atoms with Crippen LogP contribution in [0, 0.1) is 0 Å². The molecular weight excluding hydrogens is 396 g/mol. The Bertz CT molecular complexity index is 997. The molecule has 0 bridgehead atoms. The molecule has 0 saturated carbocycles. The van der Waals surface area contributed by atoms with E-state index in [2.05, 4.69) is 10.5 Å². The average molecular weight is 415 g/mol. The van der Waals surface area contributed by atoms with E-state index in [0.29, 0.717) is 16.3 Å². The van der Waals surface area contributed by atoms with Gasteiger partial charge in [0.1, 0.15) is 11.4 Å². The molecule has 1 amide bonds. The number of carbonyl (C=O) groups is 2. The van der Waals surface area contributed by atoms with Crippen molar-refractivity contribution in [2.24, 2.45) is 0 Å². The van der Waals surface area contributed by atoms with Gasteiger partial charge in [-0.2, -0.15) is 0 Å². The summed E-state index contributed by atoms with van der Waals surface area (Å²) in [5.74, 6) is -0.369. The topological polar surface area (TPSA) is 90.7 Å². The fourth-order valence-corrected chi connectivity index (χ4v) is 2.80. The summed E-state index contributed by atoms with van der Waals surface area (Å²) in [7, 11) is 1.57. The van der Waals surface area contributed by atoms with Crippen LogP contribution in [0.4, 0.5) is 5.88 Å². The highest BCUT2D eigenvalue weighted by molar-refractivity contribution is 6.30. The highest BCUT2D eigenvalue weighted by Crippen LogP contribution is 2.30. The van der Waals surface area contributed by atoms with E-state index in [9.17, 15) is 9.59 Å². The Morgan fingerprint density at radius 2 is 1.79 bits per heavy atom. The van der Waals surface area contributed by atoms with Crippen LogP contribution in [0.1, 0.15) is 22.8 Å². The van der Waals surface area contributed by atoms with Crippen molar-refractivity contribution in [3.05, 3.63) is 64.7 Å². The van der Waals surface area contributed by atoms with Gasteiger partial charge in [0.15, 0.2) is 5.56 Å². The maximum atomic E-state index is 12.5. The van der Waals surface area contributed by atoms with Crippen LogP contribution < -0.4 is 10.1 Å². The standard InChI is InChI=1S/C21H19ClN2O5/c1-3-28-21(26)18-19(14-6-8-15(22)9-7-14)24-29-20(18)23-17(25)12-13-4-10-16(27-2)11-5-13/h4-11H,3,12H2,1-2H3,(H,23,25). The van der Waals surface area contributed by atoms with Gasteiger partial charge in [-0.3, -0.25) is 10.1 Å². The summed E-state index contributed by atoms with van der Waals surface area (Å²) < 4.78 is 15.5. The van der Waals surface area contributed by atoms with Crippen LogP contribution in [0.25, 0.3) is 11.3 Å². The third-order valence-corrected chi connectivity index (χ3v) is 4.32. The first-order valence-corrected chi connectivity index (χ1v) is 9.25. The largest absolute Gasteiger partial charge is 0.497 e. The van der Waals surface area contributed by atoms with Gasteiger partial charge in [0.05, 0.1) is 20.1 Å². The smallest absolute Gasteiger partial charge is 0.346 e. The molecule has 3 rings (SSSR count). The predicted octanol–water partition coefficient (Wildman–Crippen LogP) is 4.36. The van der Waals surface area contributed by atoms with Crippen molar-refractivity contribution in [3.8, 4) is 17.0 Å². The Hall–Kier alpha value is -3.32. The second-order valence-corrected chi connectivity index (χ2v) is 6.47. The molecule has 0 unspecified atom stereocenters. The highest BCUT2D eigenvalue weighted by atomic mass is 35.5. The third kappa shape index (κ3) is 4.94. The number of benzene rings is 2. The van der Waals surface area contributed by atoms with Crippen molar-refractivity contribution >= 4 is 29.4 Å². The molecule has 0 radical (unpaired) electrons. The van der Waals surface area contributed by atoms with E-state index in [0.717, 1.165) is 5.56 Å². The average Bonchev–Trinajstić information content (AvgIpc) is 3.12. The minimum atomic E-state index is -0.640. The van der Waals surface area contributed by atoms with E-state index in [4.69, 9.17) is 25.6 Å². The number of carbonyl (C=O) groups excluding carboxylic acids is 2. The molecule has 2 aromatic carbocycles. The molecule has 7 nitrogen and oxygen atoms in total. The number of amides is 1. The van der Waals surface area contributed by atoms with Crippen LogP contribution in [0.15, 0.2) is 53.1 Å². The zero-order valence-corrected chi connectivity index (χ0v) is 16.7. The van der Waals surface area contributed by atoms with Crippen molar-refractivity contribution in [1.29, 1.82) is 0 Å². The summed E-state index contributed by atoms with van der Waals surface area (Å²) in [4.78, 5) is 24.9. The van der Waals surface area contributed by atoms with Gasteiger partial charge in [0.25, 0.3) is 0 Å². The Morgan fingerprint density at radius 1 is 1.10 bits per heavy atom. The molecule has 1 aromatic heterocycles. The van der Waals surface area contributed by atoms with Gasteiger partial charge in [-0.15, -0.1) is 0 Å². The first kappa shape index (κ1) is 20.4. The number of hydrogen-bond acceptors (Lipinski definition) is 6. The number of methoxy groups -OCH3 is 1. The van der Waals surface area contributed by atoms with Gasteiger partial charge in [-0.1, -0.05) is 41.0 Å². The van der Waals surface area contributed by atoms with Gasteiger partial charge in [-0.25, -0.2) is 4.79 Å². The van der Waals surface area contributed by atoms with E-state index >= 15 is 0 Å². The number of esters is 1. The molecule has 0 saturated heterocycles. The second kappa shape index (κ2) is 9.25. The monoisotopic (exact) mass is 414 g/mol. The van der Waals surface area contributed by atoms with Crippen LogP contribution in [-0.4, -0.2) is 30.7 Å². The van der Waals surface area contributed by atoms with E-state index < -0.39 is 5.97 Å². The lowest BCUT2D eigenvalue weighted by Crippen LogP contribution is -2.17. The van der Waals surface area contributed by atoms with E-state index in [1.54, 1.807) is 62.6 Å². The van der Waals surface area contributed by atoms with Gasteiger partial charge in [-0.05, 0) is 36.8 Å². The van der Waals surface area contributed by atoms with Crippen molar-refractivity contribution in [2.75, 3.05) is 19.0 Å². The number of ether oxygens (including phenoxy) is 2. The fraction of sp³-hybridized carbons (Fsp3) is 0.190. The van der Waals surface area contributed by atoms with Gasteiger partial charge < -0.3 is 14.0 Å². The number of nitrogens with one attached hydrogen (secondary N) is 1. The Labute approximate surface area is 172 Å². The Balaban J connectivity index is 1.84. The minimum absolute atomic E-state index is 0.0530. The maximum absolute atomic E-state index is 12.5. The molecule has 150 valence electrons. The van der Waals surface area contributed by atoms with Crippen molar-refractivity contribution < 1.29 is 23.6 Å². The van der Waals surface area contributed by atoms with E-state index in [1.807, 2.05) is 0 Å². The summed E-state index contributed by atoms with van der Waals surface area (Å²) in [6.07, 6.45) is 0.0865. The quantitative estimate of drug-likeness (QED) is 0.577. The van der Waals surface area contributed by atoms with E-state index in [1.165, 1.54) is 0 Å². The first-order valence-electron chi connectivity index (χ1n) is 8.87. The third-order valence-electron chi connectivity index (χ3n) is 4.07. The molecule has 0 spiro atoms. The minimum Gasteiger partial charge on any atom is -0.497 e. The first-order chi connectivity index (χ1) is 14.0. The molecule has 3 aromatic rings. The lowest BCUT2D eigenvalue weighted by Gasteiger charge is -2.06. The molecule has 0 atom stereocenters. The summed E-state index contributed by atoms with van der Waals surface area (Å²) in [6.45, 7) is 1.86. The van der Waals surface area contributed by atoms with E-state index in [-0.39, 0.29) is 36.1 Å². The van der Waals surface area contributed by atoms with Gasteiger partial charge in [0, 0.05) is 10.6 Å². The number of aromatic nitrogens is 1. The Morgan fingerprint density at radius 3 is 2.41 bits per heavy atom. The molecule has 0 aliphatic heterocycles. The highest BCUT2D eigenvalue weighted by Gasteiger charge is 2.26. The molecule has 0 aliphatic carbocycles. The molecule has 8 heteroatoms. The lowest BCUT2D eigenvalue weighted by molar-refractivity contribution is -0.115. The van der Waals surface area contributed by atoms with Gasteiger partial charge >= 0.3 is 5.97 Å². The van der Waals surface area contributed by atoms with Crippen molar-refractivity contribution in [2.45, 2.75) is 13.3 Å². The number of anilines is 1. The maximum Gasteiger partial charge on any atom is 0.346 e. The fourth-order valence-electron chi connectivity index (χ4n) is 2.67. The van der Waals surface area contributed by atoms with Crippen LogP contribution in [0.3, 0.4) is 0 Å². The predicted molar refractivity (Wildman–Crippen MR) is 108 cm³/mol. The number of rotatable bonds is 7. The normalized spacial score (nSPS) is 10.4. The summed E-state index contributed by atoms with van der Waals surface area (Å²) >= 11 is 5.92. The van der Waals surface area contributed by atoms with Gasteiger partial charge in [0.2, 0.25) is 11.8 Å². The number of halogens is 1. The van der Waals surface area contributed by atoms with Crippen molar-refractivity contribution in [1.82, 2.24) is 5.16 Å². The Kier molecular flexibility index (Phi) is 6.51. The zero-order valence-electron chi connectivity index (χ0n) is 15.9. The SMILES string of the molecule is CCOC(=O)c1c(-c2ccc(Cl)cc2)noc1NC(=O)Cc1ccc(OC)cc1. The molecular formula is C21H19ClN2O5. The number of hydrogen-bond donors (Lipinski definition) is 1. The summed E-state index contributed by atoms with van der Waals surface area (Å²) in [5.41, 5.74) is 1.70. The van der Waals surface area contributed by atoms with Crippen LogP contribution in [0.5, 0.6) is 5.75 Å². The molecule has 1 heterocycles. The molecule has 29 heavy (non-hydrogen) atoms. The molecule has 0 fully saturated rings. The molecule has 1 N–H and O–H groups in total. The zero-order chi connectivity index (χ0) is 20.8. The molecule has 0 aliphatic rings. The van der Waals surface area contributed by atoms with Crippen molar-refractivity contribution in [3.63, 3.8) is 0 Å². The van der Waals surface area contributed by atoms with Crippen LogP contribution in [0.2, 0.25) is 5.02 Å². The van der Waals surface area contributed by atoms with Crippen LogP contribution >= 0.6 is 11.6 Å². The number of nitrogens with zero attached hydrogens (tertiary/aromatic N) is 1. The lowest BCUT2D eigenvalue weighted by atomic mass is 10.1. The van der Waals surface area contributed by atoms with Crippen LogP contribution in [-0.2, 0) is 16.0 Å². The summed E-state index contributed by atoms with van der Waals surface area (Å²) in [5, 5.41) is 7.10. The summed E-state index contributed by atoms with van der Waals surface area (Å²) in [6, 6.07) is 13.8.